The van der Waals surface area contributed by atoms with E-state index in [0.29, 0.717) is 13.2 Å². The van der Waals surface area contributed by atoms with E-state index in [9.17, 15) is 4.79 Å². The summed E-state index contributed by atoms with van der Waals surface area (Å²) in [5.74, 6) is 0.729. The van der Waals surface area contributed by atoms with Crippen LogP contribution in [0.15, 0.2) is 30.3 Å². The molecule has 1 N–H and O–H groups in total. The van der Waals surface area contributed by atoms with E-state index in [2.05, 4.69) is 19.2 Å². The fraction of sp³-hybridized carbons (Fsp3) is 0.533. The second-order valence-corrected chi connectivity index (χ2v) is 4.64. The molecule has 0 radical (unpaired) electrons. The highest BCUT2D eigenvalue weighted by Crippen LogP contribution is 2.08. The molecule has 3 nitrogen and oxygen atoms in total. The van der Waals surface area contributed by atoms with Gasteiger partial charge in [0, 0.05) is 6.54 Å². The highest BCUT2D eigenvalue weighted by Gasteiger charge is 2.03. The molecule has 18 heavy (non-hydrogen) atoms. The van der Waals surface area contributed by atoms with Crippen molar-refractivity contribution in [2.24, 2.45) is 5.92 Å². The number of hydrogen-bond donors (Lipinski definition) is 1. The Kier molecular flexibility index (Phi) is 6.92. The third-order valence-corrected chi connectivity index (χ3v) is 3.05. The molecule has 0 saturated carbocycles. The monoisotopic (exact) mass is 249 g/mol. The van der Waals surface area contributed by atoms with Crippen LogP contribution in [0.1, 0.15) is 38.7 Å². The van der Waals surface area contributed by atoms with Gasteiger partial charge in [-0.25, -0.2) is 4.79 Å². The van der Waals surface area contributed by atoms with Crippen LogP contribution in [0, 0.1) is 5.92 Å². The molecule has 1 atom stereocenters. The molecule has 0 heterocycles. The van der Waals surface area contributed by atoms with Crippen molar-refractivity contribution in [1.82, 2.24) is 5.32 Å². The van der Waals surface area contributed by atoms with Gasteiger partial charge < -0.3 is 10.1 Å². The van der Waals surface area contributed by atoms with Crippen molar-refractivity contribution in [3.8, 4) is 0 Å². The van der Waals surface area contributed by atoms with Gasteiger partial charge in [-0.15, -0.1) is 0 Å². The Hall–Kier alpha value is -1.51. The Bertz CT molecular complexity index is 338. The lowest BCUT2D eigenvalue weighted by atomic mass is 10.0. The average molecular weight is 249 g/mol. The van der Waals surface area contributed by atoms with E-state index in [0.717, 1.165) is 24.3 Å². The van der Waals surface area contributed by atoms with Gasteiger partial charge in [0.2, 0.25) is 0 Å². The molecule has 0 unspecified atom stereocenters. The molecule has 0 fully saturated rings. The maximum atomic E-state index is 11.4. The normalized spacial score (nSPS) is 11.9. The molecular formula is C15H23NO2. The number of carbonyl (C=O) groups excluding carboxylic acids is 1. The third kappa shape index (κ3) is 6.28. The van der Waals surface area contributed by atoms with E-state index in [1.165, 1.54) is 6.42 Å². The summed E-state index contributed by atoms with van der Waals surface area (Å²) in [6.07, 6.45) is 3.02. The number of hydrogen-bond acceptors (Lipinski definition) is 2. The Morgan fingerprint density at radius 1 is 1.33 bits per heavy atom. The highest BCUT2D eigenvalue weighted by molar-refractivity contribution is 5.67. The standard InChI is InChI=1S/C15H23NO2/c1-3-13(2)8-7-11-16-15(17)18-12-14-9-5-4-6-10-14/h4-6,9-10,13H,3,7-8,11-12H2,1-2H3,(H,16,17)/t13-/m0/s1. The van der Waals surface area contributed by atoms with Crippen LogP contribution >= 0.6 is 0 Å². The first kappa shape index (κ1) is 14.6. The Balaban J connectivity index is 2.07. The number of rotatable bonds is 7. The largest absolute Gasteiger partial charge is 0.445 e. The molecular weight excluding hydrogens is 226 g/mol. The summed E-state index contributed by atoms with van der Waals surface area (Å²) in [6.45, 7) is 5.44. The summed E-state index contributed by atoms with van der Waals surface area (Å²) in [5, 5.41) is 2.77. The second kappa shape index (κ2) is 8.56. The number of amides is 1. The Morgan fingerprint density at radius 3 is 2.72 bits per heavy atom. The molecule has 3 heteroatoms. The van der Waals surface area contributed by atoms with Gasteiger partial charge >= 0.3 is 6.09 Å². The van der Waals surface area contributed by atoms with E-state index in [-0.39, 0.29) is 6.09 Å². The van der Waals surface area contributed by atoms with Crippen LogP contribution in [0.3, 0.4) is 0 Å². The number of benzene rings is 1. The van der Waals surface area contributed by atoms with E-state index < -0.39 is 0 Å². The highest BCUT2D eigenvalue weighted by atomic mass is 16.5. The van der Waals surface area contributed by atoms with Crippen molar-refractivity contribution in [2.45, 2.75) is 39.7 Å². The molecule has 0 aliphatic carbocycles. The maximum Gasteiger partial charge on any atom is 0.407 e. The van der Waals surface area contributed by atoms with Crippen LogP contribution < -0.4 is 5.32 Å². The maximum absolute atomic E-state index is 11.4. The van der Waals surface area contributed by atoms with Gasteiger partial charge in [0.1, 0.15) is 6.61 Å². The predicted molar refractivity (Wildman–Crippen MR) is 73.3 cm³/mol. The molecule has 1 amide bonds. The average Bonchev–Trinajstić information content (AvgIpc) is 2.42. The van der Waals surface area contributed by atoms with Gasteiger partial charge in [-0.2, -0.15) is 0 Å². The molecule has 0 bridgehead atoms. The summed E-state index contributed by atoms with van der Waals surface area (Å²) in [4.78, 5) is 11.4. The van der Waals surface area contributed by atoms with Gasteiger partial charge in [-0.1, -0.05) is 50.6 Å². The zero-order chi connectivity index (χ0) is 13.2. The molecule has 1 aromatic carbocycles. The molecule has 1 aromatic rings. The smallest absolute Gasteiger partial charge is 0.407 e. The zero-order valence-electron chi connectivity index (χ0n) is 11.3. The van der Waals surface area contributed by atoms with E-state index in [1.54, 1.807) is 0 Å². The summed E-state index contributed by atoms with van der Waals surface area (Å²) in [7, 11) is 0. The first-order valence-electron chi connectivity index (χ1n) is 6.67. The number of carbonyl (C=O) groups is 1. The molecule has 100 valence electrons. The van der Waals surface area contributed by atoms with Gasteiger partial charge in [0.05, 0.1) is 0 Å². The quantitative estimate of drug-likeness (QED) is 0.748. The zero-order valence-corrected chi connectivity index (χ0v) is 11.3. The number of alkyl carbamates (subject to hydrolysis) is 1. The third-order valence-electron chi connectivity index (χ3n) is 3.05. The van der Waals surface area contributed by atoms with Crippen molar-refractivity contribution in [3.05, 3.63) is 35.9 Å². The van der Waals surface area contributed by atoms with Crippen molar-refractivity contribution < 1.29 is 9.53 Å². The Morgan fingerprint density at radius 2 is 2.06 bits per heavy atom. The SMILES string of the molecule is CC[C@H](C)CCCNC(=O)OCc1ccccc1. The summed E-state index contributed by atoms with van der Waals surface area (Å²) >= 11 is 0. The van der Waals surface area contributed by atoms with Gasteiger partial charge in [0.25, 0.3) is 0 Å². The van der Waals surface area contributed by atoms with Crippen molar-refractivity contribution >= 4 is 6.09 Å². The minimum atomic E-state index is -0.331. The van der Waals surface area contributed by atoms with Crippen molar-refractivity contribution in [3.63, 3.8) is 0 Å². The number of ether oxygens (including phenoxy) is 1. The topological polar surface area (TPSA) is 38.3 Å². The Labute approximate surface area is 110 Å². The van der Waals surface area contributed by atoms with Gasteiger partial charge in [-0.05, 0) is 24.3 Å². The lowest BCUT2D eigenvalue weighted by molar-refractivity contribution is 0.139. The molecule has 0 aliphatic rings. The van der Waals surface area contributed by atoms with Crippen LogP contribution in [0.25, 0.3) is 0 Å². The molecule has 0 aromatic heterocycles. The van der Waals surface area contributed by atoms with E-state index >= 15 is 0 Å². The predicted octanol–water partition coefficient (Wildman–Crippen LogP) is 3.74. The van der Waals surface area contributed by atoms with Crippen molar-refractivity contribution in [2.75, 3.05) is 6.54 Å². The van der Waals surface area contributed by atoms with Crippen LogP contribution in [-0.4, -0.2) is 12.6 Å². The lowest BCUT2D eigenvalue weighted by Crippen LogP contribution is -2.25. The second-order valence-electron chi connectivity index (χ2n) is 4.64. The van der Waals surface area contributed by atoms with E-state index in [4.69, 9.17) is 4.74 Å². The fourth-order valence-electron chi connectivity index (χ4n) is 1.62. The summed E-state index contributed by atoms with van der Waals surface area (Å²) in [6, 6.07) is 9.69. The summed E-state index contributed by atoms with van der Waals surface area (Å²) < 4.78 is 5.11. The fourth-order valence-corrected chi connectivity index (χ4v) is 1.62. The van der Waals surface area contributed by atoms with Crippen LogP contribution in [-0.2, 0) is 11.3 Å². The van der Waals surface area contributed by atoms with Crippen LogP contribution in [0.2, 0.25) is 0 Å². The van der Waals surface area contributed by atoms with Crippen molar-refractivity contribution in [1.29, 1.82) is 0 Å². The van der Waals surface area contributed by atoms with E-state index in [1.807, 2.05) is 30.3 Å². The first-order chi connectivity index (χ1) is 8.72. The first-order valence-corrected chi connectivity index (χ1v) is 6.67. The summed E-state index contributed by atoms with van der Waals surface area (Å²) in [5.41, 5.74) is 1.01. The van der Waals surface area contributed by atoms with Gasteiger partial charge in [0.15, 0.2) is 0 Å². The minimum Gasteiger partial charge on any atom is -0.445 e. The molecule has 0 aliphatic heterocycles. The molecule has 1 rings (SSSR count). The van der Waals surface area contributed by atoms with Crippen LogP contribution in [0.5, 0.6) is 0 Å². The number of nitrogens with one attached hydrogen (secondary N) is 1. The van der Waals surface area contributed by atoms with Crippen LogP contribution in [0.4, 0.5) is 4.79 Å². The van der Waals surface area contributed by atoms with Gasteiger partial charge in [-0.3, -0.25) is 0 Å². The minimum absolute atomic E-state index is 0.331. The lowest BCUT2D eigenvalue weighted by Gasteiger charge is -2.09. The molecule has 0 saturated heterocycles. The molecule has 0 spiro atoms.